The first-order chi connectivity index (χ1) is 16.2. The molecule has 164 valence electrons. The minimum Gasteiger partial charge on any atom is -0.437 e. The highest BCUT2D eigenvalue weighted by molar-refractivity contribution is 9.10. The molecule has 1 saturated carbocycles. The Morgan fingerprint density at radius 1 is 1.00 bits per heavy atom. The number of halogens is 1. The molecule has 3 aromatic heterocycles. The first-order valence-electron chi connectivity index (χ1n) is 10.6. The average Bonchev–Trinajstić information content (AvgIpc) is 3.37. The van der Waals surface area contributed by atoms with Crippen molar-refractivity contribution in [1.82, 2.24) is 24.5 Å². The molecule has 1 N–H and O–H groups in total. The number of thiazole rings is 1. The van der Waals surface area contributed by atoms with Gasteiger partial charge in [0.1, 0.15) is 12.1 Å². The van der Waals surface area contributed by atoms with E-state index in [2.05, 4.69) is 45.7 Å². The molecule has 0 saturated heterocycles. The van der Waals surface area contributed by atoms with E-state index in [1.54, 1.807) is 11.3 Å². The van der Waals surface area contributed by atoms with Gasteiger partial charge >= 0.3 is 0 Å². The molecule has 0 radical (unpaired) electrons. The van der Waals surface area contributed by atoms with Crippen LogP contribution in [-0.4, -0.2) is 24.5 Å². The van der Waals surface area contributed by atoms with E-state index in [-0.39, 0.29) is 0 Å². The second-order valence-corrected chi connectivity index (χ2v) is 9.93. The van der Waals surface area contributed by atoms with Gasteiger partial charge in [-0.1, -0.05) is 27.3 Å². The molecule has 9 heteroatoms. The Kier molecular flexibility index (Phi) is 5.27. The number of hydrogen-bond acceptors (Lipinski definition) is 7. The van der Waals surface area contributed by atoms with Crippen LogP contribution in [0.1, 0.15) is 12.8 Å². The van der Waals surface area contributed by atoms with Crippen molar-refractivity contribution in [2.75, 3.05) is 5.32 Å². The van der Waals surface area contributed by atoms with Gasteiger partial charge in [-0.3, -0.25) is 0 Å². The molecule has 0 unspecified atom stereocenters. The number of nitrogens with one attached hydrogen (secondary N) is 1. The highest BCUT2D eigenvalue weighted by atomic mass is 79.9. The van der Waals surface area contributed by atoms with Gasteiger partial charge < -0.3 is 14.6 Å². The van der Waals surface area contributed by atoms with Crippen molar-refractivity contribution in [3.05, 3.63) is 71.9 Å². The average molecular weight is 519 g/mol. The number of nitrogens with zero attached hydrogens (tertiary/aromatic N) is 5. The summed E-state index contributed by atoms with van der Waals surface area (Å²) in [5.74, 6) is 1.92. The SMILES string of the molecule is Brc1ccc(Nc2ncc(-c3ccc(Oc4ncnc5c4ncn5CC4CC4)cc3)s2)cc1. The van der Waals surface area contributed by atoms with E-state index in [9.17, 15) is 0 Å². The molecular weight excluding hydrogens is 500 g/mol. The monoisotopic (exact) mass is 518 g/mol. The van der Waals surface area contributed by atoms with Crippen LogP contribution >= 0.6 is 27.3 Å². The van der Waals surface area contributed by atoms with Gasteiger partial charge in [0.15, 0.2) is 16.3 Å². The summed E-state index contributed by atoms with van der Waals surface area (Å²) in [5.41, 5.74) is 3.58. The van der Waals surface area contributed by atoms with Crippen LogP contribution in [0.15, 0.2) is 71.9 Å². The van der Waals surface area contributed by atoms with Crippen LogP contribution in [0.2, 0.25) is 0 Å². The highest BCUT2D eigenvalue weighted by Crippen LogP contribution is 2.34. The molecule has 1 aliphatic rings. The third kappa shape index (κ3) is 4.46. The Hall–Kier alpha value is -3.30. The Bertz CT molecular complexity index is 1410. The fraction of sp³-hybridized carbons (Fsp3) is 0.167. The van der Waals surface area contributed by atoms with Crippen LogP contribution in [0.25, 0.3) is 21.6 Å². The van der Waals surface area contributed by atoms with Crippen LogP contribution < -0.4 is 10.1 Å². The van der Waals surface area contributed by atoms with E-state index in [1.165, 1.54) is 19.2 Å². The predicted octanol–water partition coefficient (Wildman–Crippen LogP) is 6.66. The predicted molar refractivity (Wildman–Crippen MR) is 133 cm³/mol. The fourth-order valence-electron chi connectivity index (χ4n) is 3.57. The van der Waals surface area contributed by atoms with E-state index in [0.29, 0.717) is 17.1 Å². The molecule has 3 heterocycles. The number of imidazole rings is 1. The summed E-state index contributed by atoms with van der Waals surface area (Å²) in [4.78, 5) is 18.8. The third-order valence-electron chi connectivity index (χ3n) is 5.47. The van der Waals surface area contributed by atoms with E-state index in [1.807, 2.05) is 61.1 Å². The van der Waals surface area contributed by atoms with Gasteiger partial charge in [-0.15, -0.1) is 0 Å². The number of benzene rings is 2. The minimum atomic E-state index is 0.473. The summed E-state index contributed by atoms with van der Waals surface area (Å²) >= 11 is 5.05. The van der Waals surface area contributed by atoms with Crippen molar-refractivity contribution in [2.24, 2.45) is 5.92 Å². The lowest BCUT2D eigenvalue weighted by molar-refractivity contribution is 0.467. The normalized spacial score (nSPS) is 13.4. The van der Waals surface area contributed by atoms with Crippen molar-refractivity contribution in [1.29, 1.82) is 0 Å². The molecule has 5 aromatic rings. The molecule has 0 bridgehead atoms. The number of fused-ring (bicyclic) bond motifs is 1. The summed E-state index contributed by atoms with van der Waals surface area (Å²) in [5, 5.41) is 4.18. The van der Waals surface area contributed by atoms with Crippen LogP contribution in [0.5, 0.6) is 11.6 Å². The van der Waals surface area contributed by atoms with Crippen molar-refractivity contribution < 1.29 is 4.74 Å². The van der Waals surface area contributed by atoms with Crippen LogP contribution in [0.4, 0.5) is 10.8 Å². The standard InChI is InChI=1S/C24H19BrN6OS/c25-17-5-7-18(8-6-17)30-24-26-11-20(33-24)16-3-9-19(10-4-16)32-23-21-22(27-13-28-23)31(14-29-21)12-15-1-2-15/h3-11,13-15H,1-2,12H2,(H,26,30). The second-order valence-electron chi connectivity index (χ2n) is 7.98. The van der Waals surface area contributed by atoms with Crippen LogP contribution in [0.3, 0.4) is 0 Å². The Balaban J connectivity index is 1.17. The zero-order valence-corrected chi connectivity index (χ0v) is 19.9. The van der Waals surface area contributed by atoms with E-state index in [4.69, 9.17) is 4.74 Å². The minimum absolute atomic E-state index is 0.473. The maximum Gasteiger partial charge on any atom is 0.250 e. The largest absolute Gasteiger partial charge is 0.437 e. The number of anilines is 2. The lowest BCUT2D eigenvalue weighted by Gasteiger charge is -2.06. The summed E-state index contributed by atoms with van der Waals surface area (Å²) in [6, 6.07) is 15.9. The smallest absolute Gasteiger partial charge is 0.250 e. The van der Waals surface area contributed by atoms with Gasteiger partial charge in [-0.05, 0) is 72.9 Å². The van der Waals surface area contributed by atoms with Crippen LogP contribution in [0, 0.1) is 5.92 Å². The van der Waals surface area contributed by atoms with E-state index >= 15 is 0 Å². The van der Waals surface area contributed by atoms with Crippen molar-refractivity contribution >= 4 is 49.2 Å². The topological polar surface area (TPSA) is 77.8 Å². The van der Waals surface area contributed by atoms with Gasteiger partial charge in [0.25, 0.3) is 5.88 Å². The molecule has 1 aliphatic carbocycles. The zero-order chi connectivity index (χ0) is 22.2. The third-order valence-corrected chi connectivity index (χ3v) is 6.96. The molecule has 0 amide bonds. The Morgan fingerprint density at radius 2 is 1.82 bits per heavy atom. The van der Waals surface area contributed by atoms with Gasteiger partial charge in [0.05, 0.1) is 11.2 Å². The van der Waals surface area contributed by atoms with E-state index < -0.39 is 0 Å². The second kappa shape index (κ2) is 8.57. The lowest BCUT2D eigenvalue weighted by Crippen LogP contribution is -1.99. The highest BCUT2D eigenvalue weighted by Gasteiger charge is 2.23. The Morgan fingerprint density at radius 3 is 2.61 bits per heavy atom. The first kappa shape index (κ1) is 20.3. The summed E-state index contributed by atoms with van der Waals surface area (Å²) < 4.78 is 9.19. The molecular formula is C24H19BrN6OS. The van der Waals surface area contributed by atoms with Gasteiger partial charge in [-0.2, -0.15) is 4.98 Å². The number of hydrogen-bond donors (Lipinski definition) is 1. The quantitative estimate of drug-likeness (QED) is 0.259. The molecule has 7 nitrogen and oxygen atoms in total. The maximum absolute atomic E-state index is 6.05. The molecule has 2 aromatic carbocycles. The van der Waals surface area contributed by atoms with Crippen molar-refractivity contribution in [2.45, 2.75) is 19.4 Å². The van der Waals surface area contributed by atoms with E-state index in [0.717, 1.165) is 43.8 Å². The summed E-state index contributed by atoms with van der Waals surface area (Å²) in [6.45, 7) is 0.954. The molecule has 0 aliphatic heterocycles. The molecule has 1 fully saturated rings. The number of rotatable bonds is 7. The van der Waals surface area contributed by atoms with Crippen LogP contribution in [-0.2, 0) is 6.54 Å². The molecule has 6 rings (SSSR count). The number of ether oxygens (including phenoxy) is 1. The fourth-order valence-corrected chi connectivity index (χ4v) is 4.67. The summed E-state index contributed by atoms with van der Waals surface area (Å²) in [6.07, 6.45) is 7.80. The number of aromatic nitrogens is 5. The van der Waals surface area contributed by atoms with Gasteiger partial charge in [0, 0.05) is 22.9 Å². The van der Waals surface area contributed by atoms with Gasteiger partial charge in [0.2, 0.25) is 0 Å². The molecule has 33 heavy (non-hydrogen) atoms. The lowest BCUT2D eigenvalue weighted by atomic mass is 10.2. The van der Waals surface area contributed by atoms with Crippen molar-refractivity contribution in [3.8, 4) is 22.1 Å². The molecule has 0 spiro atoms. The van der Waals surface area contributed by atoms with Gasteiger partial charge in [-0.25, -0.2) is 15.0 Å². The van der Waals surface area contributed by atoms with Crippen molar-refractivity contribution in [3.63, 3.8) is 0 Å². The Labute approximate surface area is 202 Å². The maximum atomic E-state index is 6.05. The zero-order valence-electron chi connectivity index (χ0n) is 17.5. The summed E-state index contributed by atoms with van der Waals surface area (Å²) in [7, 11) is 0. The first-order valence-corrected chi connectivity index (χ1v) is 12.2. The molecule has 0 atom stereocenters.